The molecule has 1 amide bonds. The fourth-order valence-corrected chi connectivity index (χ4v) is 4.22. The first kappa shape index (κ1) is 15.9. The number of rotatable bonds is 2. The van der Waals surface area contributed by atoms with Crippen molar-refractivity contribution >= 4 is 6.09 Å². The van der Waals surface area contributed by atoms with Gasteiger partial charge in [-0.1, -0.05) is 60.7 Å². The second-order valence-corrected chi connectivity index (χ2v) is 7.07. The third kappa shape index (κ3) is 2.56. The van der Waals surface area contributed by atoms with Crippen LogP contribution in [0.1, 0.15) is 28.2 Å². The maximum absolute atomic E-state index is 12.6. The molecule has 0 spiro atoms. The summed E-state index contributed by atoms with van der Waals surface area (Å²) in [6.07, 6.45) is -0.340. The summed E-state index contributed by atoms with van der Waals surface area (Å²) in [5.74, 6) is 0.293. The molecule has 1 heterocycles. The fraction of sp³-hybridized carbons (Fsp3) is 0.174. The van der Waals surface area contributed by atoms with Crippen molar-refractivity contribution in [2.45, 2.75) is 19.0 Å². The number of aromatic hydroxyl groups is 1. The first-order valence-corrected chi connectivity index (χ1v) is 9.12. The number of amides is 1. The van der Waals surface area contributed by atoms with Gasteiger partial charge in [-0.15, -0.1) is 0 Å². The number of nitrogens with zero attached hydrogens (tertiary/aromatic N) is 1. The Kier molecular flexibility index (Phi) is 3.64. The van der Waals surface area contributed by atoms with Crippen LogP contribution in [-0.4, -0.2) is 22.7 Å². The van der Waals surface area contributed by atoms with Crippen LogP contribution in [-0.2, 0) is 17.8 Å². The zero-order chi connectivity index (χ0) is 18.4. The van der Waals surface area contributed by atoms with Gasteiger partial charge in [0.15, 0.2) is 0 Å². The van der Waals surface area contributed by atoms with E-state index in [4.69, 9.17) is 4.74 Å². The summed E-state index contributed by atoms with van der Waals surface area (Å²) in [6.45, 7) is 1.17. The third-order valence-electron chi connectivity index (χ3n) is 5.55. The van der Waals surface area contributed by atoms with E-state index in [0.717, 1.165) is 11.1 Å². The average Bonchev–Trinajstić information content (AvgIpc) is 3.27. The van der Waals surface area contributed by atoms with E-state index in [1.54, 1.807) is 17.0 Å². The Morgan fingerprint density at radius 2 is 1.59 bits per heavy atom. The predicted octanol–water partition coefficient (Wildman–Crippen LogP) is 4.66. The van der Waals surface area contributed by atoms with E-state index in [1.165, 1.54) is 22.3 Å². The lowest BCUT2D eigenvalue weighted by atomic mass is 9.98. The standard InChI is InChI=1S/C23H19NO3/c25-22-11-5-6-15-12-24(13-20(15)22)23(26)27-14-21-18-9-3-1-7-16(18)17-8-2-4-10-19(17)21/h1-11,21,25H,12-14H2. The molecule has 1 N–H and O–H groups in total. The van der Waals surface area contributed by atoms with Crippen LogP contribution in [0.25, 0.3) is 11.1 Å². The van der Waals surface area contributed by atoms with Crippen molar-refractivity contribution in [1.82, 2.24) is 4.90 Å². The molecule has 3 aromatic carbocycles. The molecule has 5 rings (SSSR count). The van der Waals surface area contributed by atoms with Gasteiger partial charge in [-0.2, -0.15) is 0 Å². The Balaban J connectivity index is 1.34. The molecule has 1 aliphatic heterocycles. The molecule has 0 saturated heterocycles. The van der Waals surface area contributed by atoms with Gasteiger partial charge in [0.1, 0.15) is 12.4 Å². The molecule has 0 fully saturated rings. The molecule has 0 bridgehead atoms. The monoisotopic (exact) mass is 357 g/mol. The minimum Gasteiger partial charge on any atom is -0.508 e. The second kappa shape index (κ2) is 6.16. The number of benzene rings is 3. The van der Waals surface area contributed by atoms with Gasteiger partial charge in [0.2, 0.25) is 0 Å². The number of carbonyl (C=O) groups excluding carboxylic acids is 1. The van der Waals surface area contributed by atoms with E-state index in [0.29, 0.717) is 19.7 Å². The predicted molar refractivity (Wildman–Crippen MR) is 102 cm³/mol. The Morgan fingerprint density at radius 3 is 2.26 bits per heavy atom. The Labute approximate surface area is 157 Å². The quantitative estimate of drug-likeness (QED) is 0.726. The van der Waals surface area contributed by atoms with Crippen molar-refractivity contribution in [1.29, 1.82) is 0 Å². The highest BCUT2D eigenvalue weighted by Gasteiger charge is 2.31. The summed E-state index contributed by atoms with van der Waals surface area (Å²) in [4.78, 5) is 14.3. The van der Waals surface area contributed by atoms with Crippen LogP contribution in [0.15, 0.2) is 66.7 Å². The number of hydrogen-bond acceptors (Lipinski definition) is 3. The van der Waals surface area contributed by atoms with Gasteiger partial charge in [-0.3, -0.25) is 4.90 Å². The van der Waals surface area contributed by atoms with Crippen LogP contribution >= 0.6 is 0 Å². The smallest absolute Gasteiger partial charge is 0.410 e. The van der Waals surface area contributed by atoms with Gasteiger partial charge in [0, 0.05) is 18.0 Å². The molecule has 134 valence electrons. The van der Waals surface area contributed by atoms with E-state index in [-0.39, 0.29) is 17.8 Å². The van der Waals surface area contributed by atoms with Crippen molar-refractivity contribution in [3.63, 3.8) is 0 Å². The first-order valence-electron chi connectivity index (χ1n) is 9.12. The van der Waals surface area contributed by atoms with E-state index in [1.807, 2.05) is 30.3 Å². The third-order valence-corrected chi connectivity index (χ3v) is 5.55. The van der Waals surface area contributed by atoms with Gasteiger partial charge >= 0.3 is 6.09 Å². The summed E-state index contributed by atoms with van der Waals surface area (Å²) in [5.41, 5.74) is 6.62. The van der Waals surface area contributed by atoms with Crippen LogP contribution in [0, 0.1) is 0 Å². The molecular weight excluding hydrogens is 338 g/mol. The Bertz CT molecular complexity index is 998. The summed E-state index contributed by atoms with van der Waals surface area (Å²) in [6, 6.07) is 22.0. The van der Waals surface area contributed by atoms with Crippen molar-refractivity contribution in [2.75, 3.05) is 6.61 Å². The second-order valence-electron chi connectivity index (χ2n) is 7.07. The van der Waals surface area contributed by atoms with E-state index < -0.39 is 0 Å². The largest absolute Gasteiger partial charge is 0.508 e. The molecule has 3 aromatic rings. The summed E-state index contributed by atoms with van der Waals surface area (Å²) in [5, 5.41) is 9.97. The van der Waals surface area contributed by atoms with Gasteiger partial charge in [0.05, 0.1) is 6.54 Å². The summed E-state index contributed by atoms with van der Waals surface area (Å²) in [7, 11) is 0. The highest BCUT2D eigenvalue weighted by molar-refractivity contribution is 5.79. The zero-order valence-corrected chi connectivity index (χ0v) is 14.8. The molecule has 4 nitrogen and oxygen atoms in total. The Hall–Kier alpha value is -3.27. The van der Waals surface area contributed by atoms with E-state index in [9.17, 15) is 9.90 Å². The minimum atomic E-state index is -0.340. The number of fused-ring (bicyclic) bond motifs is 4. The first-order chi connectivity index (χ1) is 13.2. The SMILES string of the molecule is O=C(OCC1c2ccccc2-c2ccccc21)N1Cc2cccc(O)c2C1. The van der Waals surface area contributed by atoms with Gasteiger partial charge < -0.3 is 9.84 Å². The van der Waals surface area contributed by atoms with Gasteiger partial charge in [0.25, 0.3) is 0 Å². The molecule has 0 atom stereocenters. The fourth-order valence-electron chi connectivity index (χ4n) is 4.22. The van der Waals surface area contributed by atoms with Crippen LogP contribution in [0.3, 0.4) is 0 Å². The normalized spacial score (nSPS) is 14.6. The summed E-state index contributed by atoms with van der Waals surface area (Å²) < 4.78 is 5.70. The number of carbonyl (C=O) groups is 1. The topological polar surface area (TPSA) is 49.8 Å². The molecule has 0 radical (unpaired) electrons. The average molecular weight is 357 g/mol. The molecule has 2 aliphatic rings. The lowest BCUT2D eigenvalue weighted by Crippen LogP contribution is -2.27. The minimum absolute atomic E-state index is 0.0553. The lowest BCUT2D eigenvalue weighted by Gasteiger charge is -2.19. The number of ether oxygens (including phenoxy) is 1. The number of phenols is 1. The van der Waals surface area contributed by atoms with Crippen molar-refractivity contribution in [3.05, 3.63) is 89.0 Å². The highest BCUT2D eigenvalue weighted by Crippen LogP contribution is 2.44. The van der Waals surface area contributed by atoms with Gasteiger partial charge in [-0.05, 0) is 33.9 Å². The van der Waals surface area contributed by atoms with E-state index >= 15 is 0 Å². The number of phenolic OH excluding ortho intramolecular Hbond substituents is 1. The molecule has 0 saturated carbocycles. The van der Waals surface area contributed by atoms with Gasteiger partial charge in [-0.25, -0.2) is 4.79 Å². The van der Waals surface area contributed by atoms with Crippen LogP contribution in [0.4, 0.5) is 4.79 Å². The lowest BCUT2D eigenvalue weighted by molar-refractivity contribution is 0.0989. The van der Waals surface area contributed by atoms with Crippen molar-refractivity contribution in [2.24, 2.45) is 0 Å². The molecule has 0 unspecified atom stereocenters. The molecule has 0 aromatic heterocycles. The van der Waals surface area contributed by atoms with Crippen LogP contribution in [0.2, 0.25) is 0 Å². The maximum Gasteiger partial charge on any atom is 0.410 e. The Morgan fingerprint density at radius 1 is 0.926 bits per heavy atom. The van der Waals surface area contributed by atoms with Crippen LogP contribution in [0.5, 0.6) is 5.75 Å². The molecule has 4 heteroatoms. The van der Waals surface area contributed by atoms with Crippen molar-refractivity contribution in [3.8, 4) is 16.9 Å². The molecule has 27 heavy (non-hydrogen) atoms. The highest BCUT2D eigenvalue weighted by atomic mass is 16.6. The molecule has 1 aliphatic carbocycles. The zero-order valence-electron chi connectivity index (χ0n) is 14.8. The van der Waals surface area contributed by atoms with Crippen molar-refractivity contribution < 1.29 is 14.6 Å². The maximum atomic E-state index is 12.6. The van der Waals surface area contributed by atoms with Crippen LogP contribution < -0.4 is 0 Å². The molecular formula is C23H19NO3. The van der Waals surface area contributed by atoms with E-state index in [2.05, 4.69) is 24.3 Å². The number of hydrogen-bond donors (Lipinski definition) is 1. The summed E-state index contributed by atoms with van der Waals surface area (Å²) >= 11 is 0.